The Morgan fingerprint density at radius 2 is 2.07 bits per heavy atom. The van der Waals surface area contributed by atoms with Crippen LogP contribution in [0, 0.1) is 0 Å². The van der Waals surface area contributed by atoms with Crippen molar-refractivity contribution in [1.82, 2.24) is 5.32 Å². The Morgan fingerprint density at radius 1 is 1.29 bits per heavy atom. The van der Waals surface area contributed by atoms with Gasteiger partial charge in [0.15, 0.2) is 0 Å². The van der Waals surface area contributed by atoms with Gasteiger partial charge in [-0.3, -0.25) is 0 Å². The van der Waals surface area contributed by atoms with E-state index in [9.17, 15) is 0 Å². The fourth-order valence-corrected chi connectivity index (χ4v) is 1.35. The molecule has 0 spiro atoms. The molecule has 0 unspecified atom stereocenters. The van der Waals surface area contributed by atoms with E-state index in [0.29, 0.717) is 0 Å². The van der Waals surface area contributed by atoms with Crippen molar-refractivity contribution in [3.63, 3.8) is 0 Å². The van der Waals surface area contributed by atoms with Crippen molar-refractivity contribution in [2.45, 2.75) is 6.54 Å². The van der Waals surface area contributed by atoms with Crippen LogP contribution in [0.15, 0.2) is 18.2 Å². The van der Waals surface area contributed by atoms with E-state index in [0.717, 1.165) is 29.0 Å². The highest BCUT2D eigenvalue weighted by Crippen LogP contribution is 2.24. The fourth-order valence-electron chi connectivity index (χ4n) is 1.20. The molecule has 0 atom stereocenters. The molecule has 0 aliphatic rings. The van der Waals surface area contributed by atoms with Crippen LogP contribution < -0.4 is 14.8 Å². The second-order valence-electron chi connectivity index (χ2n) is 2.81. The smallest absolute Gasteiger partial charge is 0.143 e. The number of hydrogen-bond acceptors (Lipinski definition) is 3. The molecule has 1 aromatic rings. The van der Waals surface area contributed by atoms with Crippen molar-refractivity contribution < 1.29 is 9.47 Å². The second kappa shape index (κ2) is 5.92. The molecule has 14 heavy (non-hydrogen) atoms. The van der Waals surface area contributed by atoms with Crippen LogP contribution in [0.5, 0.6) is 11.5 Å². The maximum absolute atomic E-state index is 5.26. The van der Waals surface area contributed by atoms with Gasteiger partial charge in [-0.1, -0.05) is 11.5 Å². The Labute approximate surface area is 92.8 Å². The predicted octanol–water partition coefficient (Wildman–Crippen LogP) is 0.919. The van der Waals surface area contributed by atoms with Crippen molar-refractivity contribution in [3.8, 4) is 11.5 Å². The summed E-state index contributed by atoms with van der Waals surface area (Å²) in [6.07, 6.45) is 0. The summed E-state index contributed by atoms with van der Waals surface area (Å²) in [5.41, 5.74) is 1.13. The van der Waals surface area contributed by atoms with Gasteiger partial charge < -0.3 is 14.8 Å². The van der Waals surface area contributed by atoms with Crippen LogP contribution in [0.4, 0.5) is 0 Å². The largest absolute Gasteiger partial charge is 0.497 e. The molecule has 0 fully saturated rings. The topological polar surface area (TPSA) is 30.5 Å². The molecule has 74 valence electrons. The van der Waals surface area contributed by atoms with E-state index in [4.69, 9.17) is 9.47 Å². The zero-order valence-corrected chi connectivity index (χ0v) is 9.69. The molecular weight excluding hydrogens is 193 g/mol. The van der Waals surface area contributed by atoms with Crippen LogP contribution in [0.2, 0.25) is 0 Å². The standard InChI is InChI=1S/C10H14NO2.Al/c1-11-7-8-4-5-9(12-2)6-10(8)13-3;/h4-6,11H,1,7H2,2-3H3;. The molecule has 4 heteroatoms. The Hall–Kier alpha value is -0.688. The number of ether oxygens (including phenoxy) is 2. The molecule has 0 saturated heterocycles. The zero-order chi connectivity index (χ0) is 10.4. The van der Waals surface area contributed by atoms with E-state index in [1.807, 2.05) is 18.2 Å². The summed E-state index contributed by atoms with van der Waals surface area (Å²) in [5, 5.41) is 4.09. The van der Waals surface area contributed by atoms with E-state index in [-0.39, 0.29) is 0 Å². The normalized spacial score (nSPS) is 9.86. The van der Waals surface area contributed by atoms with Gasteiger partial charge in [-0.15, -0.1) is 0 Å². The molecule has 0 amide bonds. The van der Waals surface area contributed by atoms with Crippen molar-refractivity contribution in [1.29, 1.82) is 0 Å². The third-order valence-corrected chi connectivity index (χ3v) is 2.24. The summed E-state index contributed by atoms with van der Waals surface area (Å²) in [7, 11) is 3.31. The summed E-state index contributed by atoms with van der Waals surface area (Å²) in [6.45, 7) is 0.802. The molecule has 2 radical (unpaired) electrons. The average Bonchev–Trinajstić information content (AvgIpc) is 2.26. The number of benzene rings is 1. The van der Waals surface area contributed by atoms with E-state index in [1.165, 1.54) is 0 Å². The first kappa shape index (κ1) is 11.4. The van der Waals surface area contributed by atoms with Crippen molar-refractivity contribution >= 4 is 16.3 Å². The van der Waals surface area contributed by atoms with Gasteiger partial charge in [-0.05, 0) is 6.07 Å². The Balaban J connectivity index is 2.82. The molecule has 1 aromatic carbocycles. The van der Waals surface area contributed by atoms with Crippen LogP contribution in [0.25, 0.3) is 0 Å². The maximum Gasteiger partial charge on any atom is 0.143 e. The molecule has 0 aromatic heterocycles. The molecule has 3 nitrogen and oxygen atoms in total. The Bertz CT molecular complexity index is 291. The fraction of sp³-hybridized carbons (Fsp3) is 0.400. The van der Waals surface area contributed by atoms with Crippen LogP contribution in [0.1, 0.15) is 5.56 Å². The van der Waals surface area contributed by atoms with Crippen molar-refractivity contribution in [3.05, 3.63) is 23.8 Å². The maximum atomic E-state index is 5.26. The lowest BCUT2D eigenvalue weighted by atomic mass is 10.2. The first-order valence-corrected chi connectivity index (χ1v) is 5.25. The summed E-state index contributed by atoms with van der Waals surface area (Å²) >= 11 is 2.62. The van der Waals surface area contributed by atoms with Gasteiger partial charge in [0.2, 0.25) is 0 Å². The van der Waals surface area contributed by atoms with E-state index in [2.05, 4.69) is 21.6 Å². The van der Waals surface area contributed by atoms with Crippen LogP contribution in [0.3, 0.4) is 0 Å². The molecule has 0 heterocycles. The third-order valence-electron chi connectivity index (χ3n) is 1.95. The first-order chi connectivity index (χ1) is 6.81. The number of nitrogens with one attached hydrogen (secondary N) is 1. The molecule has 0 aliphatic carbocycles. The van der Waals surface area contributed by atoms with Crippen LogP contribution in [-0.2, 0) is 6.54 Å². The summed E-state index contributed by atoms with van der Waals surface area (Å²) in [4.78, 5) is 0. The molecule has 0 bridgehead atoms. The van der Waals surface area contributed by atoms with Gasteiger partial charge in [-0.2, -0.15) is 0 Å². The van der Waals surface area contributed by atoms with E-state index < -0.39 is 0 Å². The van der Waals surface area contributed by atoms with Crippen molar-refractivity contribution in [2.24, 2.45) is 0 Å². The Kier molecular flexibility index (Phi) is 4.82. The monoisotopic (exact) mass is 207 g/mol. The molecular formula is C10H14AlNO2. The highest BCUT2D eigenvalue weighted by atomic mass is 27.0. The van der Waals surface area contributed by atoms with Gasteiger partial charge in [0.05, 0.1) is 14.2 Å². The third kappa shape index (κ3) is 2.92. The summed E-state index contributed by atoms with van der Waals surface area (Å²) < 4.78 is 10.4. The zero-order valence-electron chi connectivity index (χ0n) is 8.54. The van der Waals surface area contributed by atoms with Gasteiger partial charge in [0.25, 0.3) is 0 Å². The predicted molar refractivity (Wildman–Crippen MR) is 57.0 cm³/mol. The highest BCUT2D eigenvalue weighted by Gasteiger charge is 2.03. The van der Waals surface area contributed by atoms with Gasteiger partial charge in [-0.25, -0.2) is 0 Å². The lowest BCUT2D eigenvalue weighted by molar-refractivity contribution is 0.390. The minimum absolute atomic E-state index is 0.802. The summed E-state index contributed by atoms with van der Waals surface area (Å²) in [5.74, 6) is 1.67. The van der Waals surface area contributed by atoms with Crippen LogP contribution in [-0.4, -0.2) is 35.9 Å². The van der Waals surface area contributed by atoms with Crippen molar-refractivity contribution in [2.75, 3.05) is 19.6 Å². The molecule has 1 N–H and O–H groups in total. The number of rotatable bonds is 5. The lowest BCUT2D eigenvalue weighted by Gasteiger charge is -2.10. The molecule has 0 saturated carbocycles. The molecule has 1 rings (SSSR count). The minimum Gasteiger partial charge on any atom is -0.497 e. The van der Waals surface area contributed by atoms with Gasteiger partial charge >= 0.3 is 0 Å². The minimum atomic E-state index is 0.802. The first-order valence-electron chi connectivity index (χ1n) is 4.43. The van der Waals surface area contributed by atoms with Crippen LogP contribution >= 0.6 is 0 Å². The van der Waals surface area contributed by atoms with Gasteiger partial charge in [0, 0.05) is 18.2 Å². The lowest BCUT2D eigenvalue weighted by Crippen LogP contribution is -2.14. The Morgan fingerprint density at radius 3 is 2.64 bits per heavy atom. The molecule has 0 aliphatic heterocycles. The number of methoxy groups -OCH3 is 2. The quantitative estimate of drug-likeness (QED) is 0.728. The number of hydrogen-bond donors (Lipinski definition) is 1. The van der Waals surface area contributed by atoms with E-state index >= 15 is 0 Å². The summed E-state index contributed by atoms with van der Waals surface area (Å²) in [6, 6.07) is 5.83. The highest BCUT2D eigenvalue weighted by molar-refractivity contribution is 6.08. The second-order valence-corrected chi connectivity index (χ2v) is 3.22. The average molecular weight is 207 g/mol. The van der Waals surface area contributed by atoms with Gasteiger partial charge in [0.1, 0.15) is 27.8 Å². The SMILES string of the molecule is COc1ccc(CN[CH2][Al])c(OC)c1. The van der Waals surface area contributed by atoms with E-state index in [1.54, 1.807) is 14.2 Å².